The van der Waals surface area contributed by atoms with E-state index in [1.54, 1.807) is 0 Å². The maximum Gasteiger partial charge on any atom is 0.0617 e. The average Bonchev–Trinajstić information content (AvgIpc) is 2.52. The molecule has 0 aliphatic carbocycles. The van der Waals surface area contributed by atoms with Crippen LogP contribution in [-0.4, -0.2) is 31.1 Å². The van der Waals surface area contributed by atoms with Gasteiger partial charge in [0.05, 0.1) is 6.04 Å². The summed E-state index contributed by atoms with van der Waals surface area (Å²) in [5.41, 5.74) is 3.80. The van der Waals surface area contributed by atoms with Crippen LogP contribution in [0, 0.1) is 6.92 Å². The van der Waals surface area contributed by atoms with Gasteiger partial charge in [0.1, 0.15) is 0 Å². The van der Waals surface area contributed by atoms with Gasteiger partial charge in [-0.25, -0.2) is 0 Å². The lowest BCUT2D eigenvalue weighted by molar-refractivity contribution is 0.198. The molecule has 1 unspecified atom stereocenters. The molecule has 3 rings (SSSR count). The van der Waals surface area contributed by atoms with Crippen LogP contribution in [0.25, 0.3) is 0 Å². The normalized spacial score (nSPS) is 17.6. The van der Waals surface area contributed by atoms with Crippen LogP contribution in [-0.2, 0) is 0 Å². The molecule has 0 bridgehead atoms. The zero-order valence-corrected chi connectivity index (χ0v) is 13.1. The first kappa shape index (κ1) is 14.6. The third kappa shape index (κ3) is 3.29. The average molecular weight is 301 g/mol. The van der Waals surface area contributed by atoms with Crippen molar-refractivity contribution >= 4 is 11.6 Å². The van der Waals surface area contributed by atoms with Crippen molar-refractivity contribution in [2.45, 2.75) is 13.0 Å². The summed E-state index contributed by atoms with van der Waals surface area (Å²) < 4.78 is 0. The summed E-state index contributed by atoms with van der Waals surface area (Å²) in [4.78, 5) is 2.52. The summed E-state index contributed by atoms with van der Waals surface area (Å²) in [5, 5.41) is 4.27. The number of halogens is 1. The highest BCUT2D eigenvalue weighted by atomic mass is 35.5. The lowest BCUT2D eigenvalue weighted by Gasteiger charge is -2.36. The Bertz CT molecular complexity index is 588. The van der Waals surface area contributed by atoms with Gasteiger partial charge in [-0.15, -0.1) is 0 Å². The van der Waals surface area contributed by atoms with Crippen molar-refractivity contribution in [3.8, 4) is 0 Å². The molecule has 1 saturated heterocycles. The van der Waals surface area contributed by atoms with Crippen LogP contribution in [0.3, 0.4) is 0 Å². The Morgan fingerprint density at radius 3 is 2.33 bits per heavy atom. The molecule has 1 N–H and O–H groups in total. The van der Waals surface area contributed by atoms with Gasteiger partial charge in [0.25, 0.3) is 0 Å². The second-order valence-corrected chi connectivity index (χ2v) is 6.03. The monoisotopic (exact) mass is 300 g/mol. The second-order valence-electron chi connectivity index (χ2n) is 5.62. The molecule has 0 aromatic heterocycles. The fourth-order valence-corrected chi connectivity index (χ4v) is 3.21. The van der Waals surface area contributed by atoms with Gasteiger partial charge in [0.2, 0.25) is 0 Å². The molecule has 1 aliphatic rings. The Balaban J connectivity index is 2.01. The van der Waals surface area contributed by atoms with E-state index in [2.05, 4.69) is 53.5 Å². The van der Waals surface area contributed by atoms with Crippen molar-refractivity contribution < 1.29 is 0 Å². The summed E-state index contributed by atoms with van der Waals surface area (Å²) in [7, 11) is 0. The SMILES string of the molecule is Cc1ccc(C(c2ccccc2Cl)N2CCNCC2)cc1. The van der Waals surface area contributed by atoms with Crippen molar-refractivity contribution in [1.82, 2.24) is 10.2 Å². The molecule has 21 heavy (non-hydrogen) atoms. The number of piperazine rings is 1. The number of hydrogen-bond donors (Lipinski definition) is 1. The molecule has 0 radical (unpaired) electrons. The molecule has 1 heterocycles. The van der Waals surface area contributed by atoms with Crippen molar-refractivity contribution in [2.24, 2.45) is 0 Å². The molecule has 1 aliphatic heterocycles. The van der Waals surface area contributed by atoms with Gasteiger partial charge in [-0.3, -0.25) is 4.90 Å². The van der Waals surface area contributed by atoms with Gasteiger partial charge in [-0.1, -0.05) is 59.6 Å². The van der Waals surface area contributed by atoms with Gasteiger partial charge in [0, 0.05) is 31.2 Å². The molecule has 1 fully saturated rings. The molecule has 0 saturated carbocycles. The highest BCUT2D eigenvalue weighted by molar-refractivity contribution is 6.31. The minimum absolute atomic E-state index is 0.237. The Hall–Kier alpha value is -1.35. The molecule has 110 valence electrons. The van der Waals surface area contributed by atoms with Crippen molar-refractivity contribution in [3.63, 3.8) is 0 Å². The van der Waals surface area contributed by atoms with E-state index in [0.29, 0.717) is 0 Å². The Labute approximate surface area is 131 Å². The molecular weight excluding hydrogens is 280 g/mol. The fourth-order valence-electron chi connectivity index (χ4n) is 2.97. The van der Waals surface area contributed by atoms with E-state index in [0.717, 1.165) is 31.2 Å². The largest absolute Gasteiger partial charge is 0.314 e. The molecule has 0 amide bonds. The highest BCUT2D eigenvalue weighted by Crippen LogP contribution is 2.33. The highest BCUT2D eigenvalue weighted by Gasteiger charge is 2.25. The first-order chi connectivity index (χ1) is 10.3. The van der Waals surface area contributed by atoms with Crippen LogP contribution in [0.15, 0.2) is 48.5 Å². The van der Waals surface area contributed by atoms with Crippen LogP contribution in [0.4, 0.5) is 0 Å². The number of nitrogens with one attached hydrogen (secondary N) is 1. The lowest BCUT2D eigenvalue weighted by Crippen LogP contribution is -2.45. The Morgan fingerprint density at radius 2 is 1.67 bits per heavy atom. The van der Waals surface area contributed by atoms with Crippen LogP contribution < -0.4 is 5.32 Å². The summed E-state index contributed by atoms with van der Waals surface area (Å²) in [5.74, 6) is 0. The summed E-state index contributed by atoms with van der Waals surface area (Å²) >= 11 is 6.48. The number of benzene rings is 2. The van der Waals surface area contributed by atoms with E-state index < -0.39 is 0 Å². The zero-order chi connectivity index (χ0) is 14.7. The molecule has 2 nitrogen and oxygen atoms in total. The predicted molar refractivity (Wildman–Crippen MR) is 88.9 cm³/mol. The van der Waals surface area contributed by atoms with E-state index in [1.807, 2.05) is 12.1 Å². The third-order valence-electron chi connectivity index (χ3n) is 4.11. The maximum absolute atomic E-state index is 6.48. The van der Waals surface area contributed by atoms with Crippen molar-refractivity contribution in [3.05, 3.63) is 70.2 Å². The molecular formula is C18H21ClN2. The molecule has 0 spiro atoms. The van der Waals surface area contributed by atoms with Gasteiger partial charge in [-0.05, 0) is 24.1 Å². The number of aryl methyl sites for hydroxylation is 1. The Morgan fingerprint density at radius 1 is 1.00 bits per heavy atom. The van der Waals surface area contributed by atoms with Gasteiger partial charge < -0.3 is 5.32 Å². The Kier molecular flexibility index (Phi) is 4.59. The first-order valence-electron chi connectivity index (χ1n) is 7.51. The van der Waals surface area contributed by atoms with Crippen LogP contribution in [0.5, 0.6) is 0 Å². The zero-order valence-electron chi connectivity index (χ0n) is 12.3. The van der Waals surface area contributed by atoms with E-state index >= 15 is 0 Å². The standard InChI is InChI=1S/C18H21ClN2/c1-14-6-8-15(9-7-14)18(21-12-10-20-11-13-21)16-4-2-3-5-17(16)19/h2-9,18,20H,10-13H2,1H3. The minimum atomic E-state index is 0.237. The molecule has 3 heteroatoms. The van der Waals surface area contributed by atoms with Crippen LogP contribution >= 0.6 is 11.6 Å². The molecule has 1 atom stereocenters. The first-order valence-corrected chi connectivity index (χ1v) is 7.89. The molecule has 2 aromatic rings. The predicted octanol–water partition coefficient (Wildman–Crippen LogP) is 3.64. The van der Waals surface area contributed by atoms with E-state index in [4.69, 9.17) is 11.6 Å². The van der Waals surface area contributed by atoms with Gasteiger partial charge in [0.15, 0.2) is 0 Å². The van der Waals surface area contributed by atoms with Crippen molar-refractivity contribution in [2.75, 3.05) is 26.2 Å². The number of hydrogen-bond acceptors (Lipinski definition) is 2. The summed E-state index contributed by atoms with van der Waals surface area (Å²) in [6.07, 6.45) is 0. The third-order valence-corrected chi connectivity index (χ3v) is 4.45. The van der Waals surface area contributed by atoms with Crippen LogP contribution in [0.2, 0.25) is 5.02 Å². The van der Waals surface area contributed by atoms with Gasteiger partial charge in [-0.2, -0.15) is 0 Å². The lowest BCUT2D eigenvalue weighted by atomic mass is 9.95. The van der Waals surface area contributed by atoms with Crippen molar-refractivity contribution in [1.29, 1.82) is 0 Å². The number of nitrogens with zero attached hydrogens (tertiary/aromatic N) is 1. The minimum Gasteiger partial charge on any atom is -0.314 e. The van der Waals surface area contributed by atoms with Crippen LogP contribution in [0.1, 0.15) is 22.7 Å². The molecule has 2 aromatic carbocycles. The smallest absolute Gasteiger partial charge is 0.0617 e. The number of rotatable bonds is 3. The summed E-state index contributed by atoms with van der Waals surface area (Å²) in [6.45, 7) is 6.28. The quantitative estimate of drug-likeness (QED) is 0.931. The van der Waals surface area contributed by atoms with Gasteiger partial charge >= 0.3 is 0 Å². The summed E-state index contributed by atoms with van der Waals surface area (Å²) in [6, 6.07) is 17.3. The maximum atomic E-state index is 6.48. The van der Waals surface area contributed by atoms with E-state index in [-0.39, 0.29) is 6.04 Å². The van der Waals surface area contributed by atoms with E-state index in [1.165, 1.54) is 16.7 Å². The van der Waals surface area contributed by atoms with E-state index in [9.17, 15) is 0 Å². The topological polar surface area (TPSA) is 15.3 Å². The fraction of sp³-hybridized carbons (Fsp3) is 0.333. The second kappa shape index (κ2) is 6.61.